The van der Waals surface area contributed by atoms with Gasteiger partial charge in [-0.15, -0.1) is 5.10 Å². The van der Waals surface area contributed by atoms with Crippen molar-refractivity contribution in [2.45, 2.75) is 30.4 Å². The first-order valence-electron chi connectivity index (χ1n) is 8.82. The molecule has 28 heavy (non-hydrogen) atoms. The normalized spacial score (nSPS) is 13.3. The van der Waals surface area contributed by atoms with Crippen molar-refractivity contribution in [3.05, 3.63) is 59.7 Å². The topological polar surface area (TPSA) is 91.2 Å². The highest BCUT2D eigenvalue weighted by Crippen LogP contribution is 2.32. The molecule has 1 atom stereocenters. The number of nitrogens with one attached hydrogen (secondary N) is 1. The van der Waals surface area contributed by atoms with Crippen LogP contribution in [0.4, 0.5) is 0 Å². The zero-order chi connectivity index (χ0) is 19.3. The van der Waals surface area contributed by atoms with Crippen LogP contribution < -0.4 is 14.8 Å². The van der Waals surface area contributed by atoms with Crippen LogP contribution >= 0.6 is 11.8 Å². The number of carbonyl (C=O) groups excluding carboxylic acids is 1. The van der Waals surface area contributed by atoms with E-state index in [1.165, 1.54) is 11.8 Å². The summed E-state index contributed by atoms with van der Waals surface area (Å²) >= 11 is 1.33. The van der Waals surface area contributed by atoms with Crippen LogP contribution in [0.3, 0.4) is 0 Å². The third kappa shape index (κ3) is 4.25. The van der Waals surface area contributed by atoms with Gasteiger partial charge >= 0.3 is 0 Å². The van der Waals surface area contributed by atoms with Crippen LogP contribution in [0, 0.1) is 0 Å². The van der Waals surface area contributed by atoms with Crippen molar-refractivity contribution in [2.75, 3.05) is 6.79 Å². The Labute approximate surface area is 166 Å². The predicted octanol–water partition coefficient (Wildman–Crippen LogP) is 2.25. The fraction of sp³-hybridized carbons (Fsp3) is 0.263. The molecule has 0 bridgehead atoms. The number of amides is 1. The van der Waals surface area contributed by atoms with Gasteiger partial charge in [-0.2, -0.15) is 0 Å². The Hall–Kier alpha value is -3.07. The highest BCUT2D eigenvalue weighted by molar-refractivity contribution is 8.00. The molecule has 0 saturated carbocycles. The van der Waals surface area contributed by atoms with E-state index in [0.29, 0.717) is 24.0 Å². The lowest BCUT2D eigenvalue weighted by Crippen LogP contribution is -2.30. The summed E-state index contributed by atoms with van der Waals surface area (Å²) in [7, 11) is 0. The monoisotopic (exact) mass is 397 g/mol. The Balaban J connectivity index is 1.33. The van der Waals surface area contributed by atoms with Crippen LogP contribution in [0.2, 0.25) is 0 Å². The lowest BCUT2D eigenvalue weighted by atomic mass is 10.2. The first-order valence-corrected chi connectivity index (χ1v) is 9.70. The van der Waals surface area contributed by atoms with Crippen molar-refractivity contribution < 1.29 is 14.3 Å². The van der Waals surface area contributed by atoms with Crippen molar-refractivity contribution in [2.24, 2.45) is 0 Å². The average Bonchev–Trinajstić information content (AvgIpc) is 3.36. The summed E-state index contributed by atoms with van der Waals surface area (Å²) in [6, 6.07) is 15.6. The van der Waals surface area contributed by atoms with Crippen LogP contribution in [0.25, 0.3) is 0 Å². The molecule has 1 N–H and O–H groups in total. The van der Waals surface area contributed by atoms with Gasteiger partial charge in [-0.25, -0.2) is 4.68 Å². The molecule has 1 amide bonds. The molecule has 1 aliphatic rings. The summed E-state index contributed by atoms with van der Waals surface area (Å²) in [5, 5.41) is 15.0. The van der Waals surface area contributed by atoms with Gasteiger partial charge in [0.25, 0.3) is 0 Å². The van der Waals surface area contributed by atoms with Gasteiger partial charge in [0.05, 0.1) is 11.8 Å². The highest BCUT2D eigenvalue weighted by Gasteiger charge is 2.19. The van der Waals surface area contributed by atoms with Crippen LogP contribution in [-0.2, 0) is 17.9 Å². The van der Waals surface area contributed by atoms with Gasteiger partial charge in [0.2, 0.25) is 17.9 Å². The second-order valence-electron chi connectivity index (χ2n) is 6.27. The van der Waals surface area contributed by atoms with Gasteiger partial charge in [0.1, 0.15) is 0 Å². The fourth-order valence-electron chi connectivity index (χ4n) is 2.73. The minimum Gasteiger partial charge on any atom is -0.454 e. The maximum Gasteiger partial charge on any atom is 0.233 e. The van der Waals surface area contributed by atoms with E-state index in [2.05, 4.69) is 20.8 Å². The van der Waals surface area contributed by atoms with Crippen LogP contribution in [0.15, 0.2) is 53.7 Å². The standard InChI is InChI=1S/C19H19N5O3S/c1-13(18(25)20-10-15-7-8-16-17(9-15)27-12-26-16)28-19-21-22-23-24(19)11-14-5-3-2-4-6-14/h2-9,13H,10-12H2,1H3,(H,20,25)/t13-/m1/s1. The average molecular weight is 397 g/mol. The Kier molecular flexibility index (Phi) is 5.43. The molecule has 0 radical (unpaired) electrons. The molecule has 1 aromatic heterocycles. The lowest BCUT2D eigenvalue weighted by molar-refractivity contribution is -0.120. The van der Waals surface area contributed by atoms with E-state index in [1.54, 1.807) is 4.68 Å². The SMILES string of the molecule is C[C@@H](Sc1nnnn1Cc1ccccc1)C(=O)NCc1ccc2c(c1)OCO2. The van der Waals surface area contributed by atoms with Gasteiger partial charge in [-0.3, -0.25) is 4.79 Å². The van der Waals surface area contributed by atoms with Crippen LogP contribution in [0.1, 0.15) is 18.1 Å². The second kappa shape index (κ2) is 8.30. The van der Waals surface area contributed by atoms with E-state index in [0.717, 1.165) is 16.9 Å². The Morgan fingerprint density at radius 2 is 2.00 bits per heavy atom. The molecule has 144 valence electrons. The molecule has 3 aromatic rings. The number of carbonyl (C=O) groups is 1. The van der Waals surface area contributed by atoms with Crippen molar-refractivity contribution in [1.29, 1.82) is 0 Å². The quantitative estimate of drug-likeness (QED) is 0.612. The smallest absolute Gasteiger partial charge is 0.233 e. The van der Waals surface area contributed by atoms with E-state index in [1.807, 2.05) is 55.5 Å². The summed E-state index contributed by atoms with van der Waals surface area (Å²) in [5.41, 5.74) is 2.04. The van der Waals surface area contributed by atoms with E-state index >= 15 is 0 Å². The van der Waals surface area contributed by atoms with Gasteiger partial charge in [-0.05, 0) is 40.6 Å². The largest absolute Gasteiger partial charge is 0.454 e. The van der Waals surface area contributed by atoms with E-state index < -0.39 is 0 Å². The van der Waals surface area contributed by atoms with Gasteiger partial charge in [0, 0.05) is 6.54 Å². The number of rotatable bonds is 7. The van der Waals surface area contributed by atoms with Crippen molar-refractivity contribution in [1.82, 2.24) is 25.5 Å². The zero-order valence-electron chi connectivity index (χ0n) is 15.2. The molecule has 0 unspecified atom stereocenters. The maximum atomic E-state index is 12.5. The maximum absolute atomic E-state index is 12.5. The van der Waals surface area contributed by atoms with E-state index in [9.17, 15) is 4.79 Å². The summed E-state index contributed by atoms with van der Waals surface area (Å²) in [5.74, 6) is 1.34. The van der Waals surface area contributed by atoms with Gasteiger partial charge < -0.3 is 14.8 Å². The first-order chi connectivity index (χ1) is 13.7. The zero-order valence-corrected chi connectivity index (χ0v) is 16.1. The first kappa shape index (κ1) is 18.3. The number of aromatic nitrogens is 4. The second-order valence-corrected chi connectivity index (χ2v) is 7.58. The summed E-state index contributed by atoms with van der Waals surface area (Å²) in [6.07, 6.45) is 0. The van der Waals surface area contributed by atoms with Gasteiger partial charge in [0.15, 0.2) is 11.5 Å². The van der Waals surface area contributed by atoms with Crippen LogP contribution in [0.5, 0.6) is 11.5 Å². The number of benzene rings is 2. The van der Waals surface area contributed by atoms with E-state index in [4.69, 9.17) is 9.47 Å². The molecule has 8 nitrogen and oxygen atoms in total. The molecule has 0 spiro atoms. The summed E-state index contributed by atoms with van der Waals surface area (Å²) in [4.78, 5) is 12.5. The molecule has 0 fully saturated rings. The number of thioether (sulfide) groups is 1. The Morgan fingerprint density at radius 1 is 1.18 bits per heavy atom. The molecule has 2 heterocycles. The van der Waals surface area contributed by atoms with Crippen LogP contribution in [-0.4, -0.2) is 38.2 Å². The molecular weight excluding hydrogens is 378 g/mol. The molecule has 0 saturated heterocycles. The number of fused-ring (bicyclic) bond motifs is 1. The number of tetrazole rings is 1. The Bertz CT molecular complexity index is 963. The molecule has 0 aliphatic carbocycles. The van der Waals surface area contributed by atoms with Crippen molar-refractivity contribution in [3.8, 4) is 11.5 Å². The summed E-state index contributed by atoms with van der Waals surface area (Å²) in [6.45, 7) is 3.04. The molecule has 2 aromatic carbocycles. The Morgan fingerprint density at radius 3 is 2.86 bits per heavy atom. The molecule has 4 rings (SSSR count). The third-order valence-corrected chi connectivity index (χ3v) is 5.30. The van der Waals surface area contributed by atoms with E-state index in [-0.39, 0.29) is 18.0 Å². The number of nitrogens with zero attached hydrogens (tertiary/aromatic N) is 4. The number of hydrogen-bond donors (Lipinski definition) is 1. The summed E-state index contributed by atoms with van der Waals surface area (Å²) < 4.78 is 12.4. The minimum atomic E-state index is -0.338. The van der Waals surface area contributed by atoms with Crippen molar-refractivity contribution in [3.63, 3.8) is 0 Å². The van der Waals surface area contributed by atoms with Gasteiger partial charge in [-0.1, -0.05) is 48.2 Å². The van der Waals surface area contributed by atoms with Crippen molar-refractivity contribution >= 4 is 17.7 Å². The minimum absolute atomic E-state index is 0.0862. The highest BCUT2D eigenvalue weighted by atomic mass is 32.2. The number of ether oxygens (including phenoxy) is 2. The molecule has 1 aliphatic heterocycles. The lowest BCUT2D eigenvalue weighted by Gasteiger charge is -2.12. The third-order valence-electron chi connectivity index (χ3n) is 4.23. The molecular formula is C19H19N5O3S. The fourth-order valence-corrected chi connectivity index (χ4v) is 3.54. The number of hydrogen-bond acceptors (Lipinski definition) is 7. The predicted molar refractivity (Wildman–Crippen MR) is 103 cm³/mol. The molecule has 9 heteroatoms.